The van der Waals surface area contributed by atoms with Crippen LogP contribution in [0.15, 0.2) is 0 Å². The van der Waals surface area contributed by atoms with Crippen LogP contribution in [0.25, 0.3) is 0 Å². The normalized spacial score (nSPS) is 11.5. The van der Waals surface area contributed by atoms with Gasteiger partial charge in [0.15, 0.2) is 0 Å². The Balaban J connectivity index is 3.63. The number of rotatable bonds is 24. The number of nitrogens with one attached hydrogen (secondary N) is 2. The molecule has 0 radical (unpaired) electrons. The highest BCUT2D eigenvalue weighted by atomic mass is 32.2. The molecule has 0 fully saturated rings. The first-order valence-electron chi connectivity index (χ1n) is 13.1. The topological polar surface area (TPSA) is 165 Å². The molecule has 0 spiro atoms. The van der Waals surface area contributed by atoms with Gasteiger partial charge in [-0.2, -0.15) is 11.8 Å². The molecule has 0 saturated heterocycles. The summed E-state index contributed by atoms with van der Waals surface area (Å²) in [5.41, 5.74) is 5.15. The lowest BCUT2D eigenvalue weighted by atomic mass is 10.1. The lowest BCUT2D eigenvalue weighted by Crippen LogP contribution is -2.48. The number of hydrogen-bond acceptors (Lipinski definition) is 7. The largest absolute Gasteiger partial charge is 0.481 e. The van der Waals surface area contributed by atoms with E-state index in [4.69, 9.17) is 15.6 Å². The summed E-state index contributed by atoms with van der Waals surface area (Å²) in [4.78, 5) is 57.3. The molecule has 0 aromatic rings. The van der Waals surface area contributed by atoms with Crippen molar-refractivity contribution in [3.8, 4) is 0 Å². The Bertz CT molecular complexity index is 662. The van der Waals surface area contributed by atoms with Gasteiger partial charge in [0.05, 0.1) is 13.2 Å². The third-order valence-electron chi connectivity index (χ3n) is 5.43. The number of carboxylic acid groups (broad SMARTS) is 1. The molecule has 0 aliphatic carbocycles. The summed E-state index contributed by atoms with van der Waals surface area (Å²) in [6.45, 7) is 2.27. The molecule has 208 valence electrons. The van der Waals surface area contributed by atoms with Crippen molar-refractivity contribution in [3.05, 3.63) is 0 Å². The number of nitrogens with two attached hydrogens (primary N) is 1. The van der Waals surface area contributed by atoms with Crippen molar-refractivity contribution < 1.29 is 33.8 Å². The highest BCUT2D eigenvalue weighted by molar-refractivity contribution is 7.99. The number of thioether (sulfide) groups is 1. The second-order valence-corrected chi connectivity index (χ2v) is 9.97. The van der Waals surface area contributed by atoms with E-state index in [0.717, 1.165) is 18.6 Å². The molecule has 0 rings (SSSR count). The van der Waals surface area contributed by atoms with E-state index in [-0.39, 0.29) is 37.7 Å². The zero-order chi connectivity index (χ0) is 27.0. The van der Waals surface area contributed by atoms with Gasteiger partial charge in [-0.15, -0.1) is 0 Å². The van der Waals surface area contributed by atoms with Gasteiger partial charge >= 0.3 is 11.9 Å². The SMILES string of the molecule is CCCCCCCCCCCC(=O)OCCCSCCC(=O)NCC(=O)N[C@H](CCC(=O)O)C(N)=O. The molecule has 1 atom stereocenters. The average Bonchev–Trinajstić information content (AvgIpc) is 2.83. The van der Waals surface area contributed by atoms with E-state index in [2.05, 4.69) is 17.6 Å². The number of aliphatic carboxylic acids is 1. The van der Waals surface area contributed by atoms with Crippen molar-refractivity contribution in [1.29, 1.82) is 0 Å². The summed E-state index contributed by atoms with van der Waals surface area (Å²) < 4.78 is 5.24. The summed E-state index contributed by atoms with van der Waals surface area (Å²) in [5.74, 6) is -1.71. The summed E-state index contributed by atoms with van der Waals surface area (Å²) in [5, 5.41) is 13.4. The Labute approximate surface area is 219 Å². The Kier molecular flexibility index (Phi) is 21.6. The van der Waals surface area contributed by atoms with Crippen LogP contribution >= 0.6 is 11.8 Å². The van der Waals surface area contributed by atoms with Crippen LogP contribution in [0.4, 0.5) is 0 Å². The zero-order valence-electron chi connectivity index (χ0n) is 21.7. The molecular formula is C25H45N3O7S. The molecular weight excluding hydrogens is 486 g/mol. The van der Waals surface area contributed by atoms with Gasteiger partial charge in [-0.3, -0.25) is 24.0 Å². The molecule has 0 aliphatic rings. The molecule has 0 aromatic carbocycles. The molecule has 3 amide bonds. The Morgan fingerprint density at radius 1 is 0.833 bits per heavy atom. The van der Waals surface area contributed by atoms with Crippen LogP contribution < -0.4 is 16.4 Å². The molecule has 0 heterocycles. The van der Waals surface area contributed by atoms with E-state index in [1.165, 1.54) is 44.9 Å². The number of carbonyl (C=O) groups is 5. The maximum absolute atomic E-state index is 11.8. The van der Waals surface area contributed by atoms with Crippen molar-refractivity contribution in [3.63, 3.8) is 0 Å². The maximum Gasteiger partial charge on any atom is 0.305 e. The molecule has 0 bridgehead atoms. The van der Waals surface area contributed by atoms with Gasteiger partial charge in [0.2, 0.25) is 17.7 Å². The van der Waals surface area contributed by atoms with Gasteiger partial charge in [-0.25, -0.2) is 0 Å². The highest BCUT2D eigenvalue weighted by Gasteiger charge is 2.19. The number of carbonyl (C=O) groups excluding carboxylic acids is 4. The first-order valence-corrected chi connectivity index (χ1v) is 14.2. The van der Waals surface area contributed by atoms with Gasteiger partial charge in [0, 0.05) is 25.0 Å². The Morgan fingerprint density at radius 2 is 1.47 bits per heavy atom. The number of unbranched alkanes of at least 4 members (excludes halogenated alkanes) is 8. The first-order chi connectivity index (χ1) is 17.3. The number of hydrogen-bond donors (Lipinski definition) is 4. The lowest BCUT2D eigenvalue weighted by Gasteiger charge is -2.14. The molecule has 11 heteroatoms. The van der Waals surface area contributed by atoms with E-state index >= 15 is 0 Å². The third kappa shape index (κ3) is 22.2. The molecule has 5 N–H and O–H groups in total. The van der Waals surface area contributed by atoms with Crippen LogP contribution in [0.1, 0.15) is 96.8 Å². The standard InChI is InChI=1S/C25H45N3O7S/c1-2-3-4-5-6-7-8-9-10-12-24(33)35-16-11-17-36-18-15-21(29)27-19-22(30)28-20(25(26)34)13-14-23(31)32/h20H,2-19H2,1H3,(H2,26,34)(H,27,29)(H,28,30)(H,31,32)/t20-/m1/s1. The molecule has 0 saturated carbocycles. The minimum Gasteiger partial charge on any atom is -0.481 e. The first kappa shape index (κ1) is 33.7. The number of esters is 1. The zero-order valence-corrected chi connectivity index (χ0v) is 22.5. The third-order valence-corrected chi connectivity index (χ3v) is 6.50. The van der Waals surface area contributed by atoms with Crippen LogP contribution in [0.5, 0.6) is 0 Å². The van der Waals surface area contributed by atoms with E-state index in [0.29, 0.717) is 25.2 Å². The van der Waals surface area contributed by atoms with Gasteiger partial charge in [-0.05, 0) is 25.0 Å². The molecule has 10 nitrogen and oxygen atoms in total. The van der Waals surface area contributed by atoms with Gasteiger partial charge in [0.25, 0.3) is 0 Å². The quantitative estimate of drug-likeness (QED) is 0.109. The second kappa shape index (κ2) is 23.1. The van der Waals surface area contributed by atoms with Crippen molar-refractivity contribution in [2.75, 3.05) is 24.7 Å². The van der Waals surface area contributed by atoms with E-state index in [1.807, 2.05) is 0 Å². The number of carboxylic acids is 1. The predicted molar refractivity (Wildman–Crippen MR) is 140 cm³/mol. The summed E-state index contributed by atoms with van der Waals surface area (Å²) in [6, 6.07) is -1.10. The average molecular weight is 532 g/mol. The molecule has 0 aromatic heterocycles. The van der Waals surface area contributed by atoms with E-state index in [1.54, 1.807) is 11.8 Å². The number of ether oxygens (including phenoxy) is 1. The van der Waals surface area contributed by atoms with Gasteiger partial charge in [-0.1, -0.05) is 58.3 Å². The minimum absolute atomic E-state index is 0.116. The molecule has 36 heavy (non-hydrogen) atoms. The fourth-order valence-electron chi connectivity index (χ4n) is 3.33. The fourth-order valence-corrected chi connectivity index (χ4v) is 4.19. The van der Waals surface area contributed by atoms with Crippen molar-refractivity contribution in [2.24, 2.45) is 5.73 Å². The van der Waals surface area contributed by atoms with E-state index in [9.17, 15) is 24.0 Å². The smallest absolute Gasteiger partial charge is 0.305 e. The van der Waals surface area contributed by atoms with Crippen molar-refractivity contribution in [2.45, 2.75) is 103 Å². The molecule has 0 aliphatic heterocycles. The summed E-state index contributed by atoms with van der Waals surface area (Å²) in [7, 11) is 0. The minimum atomic E-state index is -1.10. The van der Waals surface area contributed by atoms with Crippen LogP contribution in [0.2, 0.25) is 0 Å². The Hall–Kier alpha value is -2.30. The van der Waals surface area contributed by atoms with Crippen LogP contribution in [0, 0.1) is 0 Å². The lowest BCUT2D eigenvalue weighted by molar-refractivity contribution is -0.143. The van der Waals surface area contributed by atoms with Crippen molar-refractivity contribution in [1.82, 2.24) is 10.6 Å². The fraction of sp³-hybridized carbons (Fsp3) is 0.800. The van der Waals surface area contributed by atoms with Crippen LogP contribution in [-0.4, -0.2) is 65.5 Å². The highest BCUT2D eigenvalue weighted by Crippen LogP contribution is 2.11. The summed E-state index contributed by atoms with van der Waals surface area (Å²) in [6.07, 6.45) is 11.8. The van der Waals surface area contributed by atoms with Gasteiger partial charge in [0.1, 0.15) is 6.04 Å². The molecule has 0 unspecified atom stereocenters. The van der Waals surface area contributed by atoms with Crippen LogP contribution in [0.3, 0.4) is 0 Å². The van der Waals surface area contributed by atoms with Crippen molar-refractivity contribution >= 4 is 41.4 Å². The van der Waals surface area contributed by atoms with E-state index < -0.39 is 23.8 Å². The predicted octanol–water partition coefficient (Wildman–Crippen LogP) is 2.92. The summed E-state index contributed by atoms with van der Waals surface area (Å²) >= 11 is 1.56. The maximum atomic E-state index is 11.8. The number of amides is 3. The monoisotopic (exact) mass is 531 g/mol. The second-order valence-electron chi connectivity index (χ2n) is 8.75. The van der Waals surface area contributed by atoms with Crippen LogP contribution in [-0.2, 0) is 28.7 Å². The van der Waals surface area contributed by atoms with Gasteiger partial charge < -0.3 is 26.2 Å². The number of primary amides is 1. The Morgan fingerprint density at radius 3 is 2.08 bits per heavy atom.